The second-order valence-corrected chi connectivity index (χ2v) is 6.20. The summed E-state index contributed by atoms with van der Waals surface area (Å²) in [6.07, 6.45) is 2.16. The van der Waals surface area contributed by atoms with Crippen LogP contribution in [0.5, 0.6) is 0 Å². The molecule has 124 valence electrons. The number of aliphatic hydroxyl groups excluding tert-OH is 1. The molecule has 0 bridgehead atoms. The van der Waals surface area contributed by atoms with E-state index in [1.807, 2.05) is 20.2 Å². The van der Waals surface area contributed by atoms with E-state index in [2.05, 4.69) is 10.4 Å². The number of hydrogen-bond donors (Lipinski definition) is 2. The summed E-state index contributed by atoms with van der Waals surface area (Å²) >= 11 is 5.84. The third-order valence-corrected chi connectivity index (χ3v) is 4.06. The first-order chi connectivity index (χ1) is 10.9. The maximum absolute atomic E-state index is 12.1. The number of carbonyl (C=O) groups excluding carboxylic acids is 1. The highest BCUT2D eigenvalue weighted by atomic mass is 35.5. The van der Waals surface area contributed by atoms with Crippen molar-refractivity contribution in [3.05, 3.63) is 52.3 Å². The van der Waals surface area contributed by atoms with Gasteiger partial charge in [-0.3, -0.25) is 9.48 Å². The molecule has 2 rings (SSSR count). The fraction of sp³-hybridized carbons (Fsp3) is 0.412. The van der Waals surface area contributed by atoms with Gasteiger partial charge in [0.1, 0.15) is 0 Å². The van der Waals surface area contributed by atoms with Crippen molar-refractivity contribution in [1.82, 2.24) is 15.1 Å². The Balaban J connectivity index is 1.86. The van der Waals surface area contributed by atoms with Crippen molar-refractivity contribution in [2.24, 2.45) is 7.05 Å². The van der Waals surface area contributed by atoms with Gasteiger partial charge < -0.3 is 10.4 Å². The molecule has 0 aliphatic heterocycles. The van der Waals surface area contributed by atoms with Gasteiger partial charge in [-0.15, -0.1) is 0 Å². The highest BCUT2D eigenvalue weighted by Gasteiger charge is 2.18. The summed E-state index contributed by atoms with van der Waals surface area (Å²) in [5.41, 5.74) is 2.73. The van der Waals surface area contributed by atoms with Crippen molar-refractivity contribution in [1.29, 1.82) is 0 Å². The molecule has 1 aromatic heterocycles. The Hall–Kier alpha value is -1.85. The van der Waals surface area contributed by atoms with E-state index in [4.69, 9.17) is 11.6 Å². The lowest BCUT2D eigenvalue weighted by molar-refractivity contribution is -0.122. The molecule has 0 saturated carbocycles. The Morgan fingerprint density at radius 2 is 2.04 bits per heavy atom. The SMILES string of the molecule is Cc1nn(C)cc1CCC(=O)NC(C)C(O)c1ccc(Cl)cc1. The second-order valence-electron chi connectivity index (χ2n) is 5.77. The van der Waals surface area contributed by atoms with E-state index in [1.165, 1.54) is 0 Å². The van der Waals surface area contributed by atoms with Gasteiger partial charge in [0, 0.05) is 24.7 Å². The van der Waals surface area contributed by atoms with Crippen molar-refractivity contribution in [2.45, 2.75) is 38.8 Å². The normalized spacial score (nSPS) is 13.6. The minimum Gasteiger partial charge on any atom is -0.386 e. The van der Waals surface area contributed by atoms with Crippen molar-refractivity contribution >= 4 is 17.5 Å². The van der Waals surface area contributed by atoms with E-state index >= 15 is 0 Å². The number of aromatic nitrogens is 2. The Morgan fingerprint density at radius 1 is 1.39 bits per heavy atom. The first kappa shape index (κ1) is 17.5. The number of benzene rings is 1. The number of rotatable bonds is 6. The zero-order valence-electron chi connectivity index (χ0n) is 13.6. The van der Waals surface area contributed by atoms with E-state index in [9.17, 15) is 9.90 Å². The van der Waals surface area contributed by atoms with Gasteiger partial charge >= 0.3 is 0 Å². The van der Waals surface area contributed by atoms with Crippen molar-refractivity contribution in [3.8, 4) is 0 Å². The van der Waals surface area contributed by atoms with Gasteiger partial charge in [0.25, 0.3) is 0 Å². The van der Waals surface area contributed by atoms with Crippen LogP contribution in [-0.2, 0) is 18.3 Å². The molecule has 5 nitrogen and oxygen atoms in total. The number of aliphatic hydroxyl groups is 1. The molecule has 0 radical (unpaired) electrons. The van der Waals surface area contributed by atoms with Crippen LogP contribution >= 0.6 is 11.6 Å². The molecule has 2 atom stereocenters. The Kier molecular flexibility index (Phi) is 5.80. The molecule has 2 unspecified atom stereocenters. The average molecular weight is 336 g/mol. The molecular weight excluding hydrogens is 314 g/mol. The van der Waals surface area contributed by atoms with Crippen LogP contribution in [0.3, 0.4) is 0 Å². The summed E-state index contributed by atoms with van der Waals surface area (Å²) < 4.78 is 1.75. The molecule has 0 spiro atoms. The summed E-state index contributed by atoms with van der Waals surface area (Å²) in [6, 6.07) is 6.59. The summed E-state index contributed by atoms with van der Waals surface area (Å²) in [5.74, 6) is -0.0891. The molecule has 0 aliphatic carbocycles. The summed E-state index contributed by atoms with van der Waals surface area (Å²) in [5, 5.41) is 18.0. The van der Waals surface area contributed by atoms with Crippen LogP contribution in [0.2, 0.25) is 5.02 Å². The molecule has 0 saturated heterocycles. The van der Waals surface area contributed by atoms with Gasteiger partial charge in [0.2, 0.25) is 5.91 Å². The van der Waals surface area contributed by atoms with E-state index in [0.29, 0.717) is 17.9 Å². The van der Waals surface area contributed by atoms with Crippen LogP contribution in [0.25, 0.3) is 0 Å². The first-order valence-corrected chi connectivity index (χ1v) is 7.96. The third kappa shape index (κ3) is 4.81. The molecule has 23 heavy (non-hydrogen) atoms. The van der Waals surface area contributed by atoms with Crippen LogP contribution in [0.1, 0.15) is 36.3 Å². The minimum absolute atomic E-state index is 0.0891. The van der Waals surface area contributed by atoms with Crippen LogP contribution in [0.4, 0.5) is 0 Å². The first-order valence-electron chi connectivity index (χ1n) is 7.59. The fourth-order valence-corrected chi connectivity index (χ4v) is 2.62. The lowest BCUT2D eigenvalue weighted by Crippen LogP contribution is -2.37. The van der Waals surface area contributed by atoms with Crippen LogP contribution in [-0.4, -0.2) is 26.8 Å². The summed E-state index contributed by atoms with van der Waals surface area (Å²) in [6.45, 7) is 3.71. The van der Waals surface area contributed by atoms with Crippen molar-refractivity contribution in [3.63, 3.8) is 0 Å². The Labute approximate surface area is 141 Å². The topological polar surface area (TPSA) is 67.2 Å². The Morgan fingerprint density at radius 3 is 2.61 bits per heavy atom. The van der Waals surface area contributed by atoms with Gasteiger partial charge in [0.15, 0.2) is 0 Å². The number of carbonyl (C=O) groups is 1. The number of aryl methyl sites for hydroxylation is 3. The smallest absolute Gasteiger partial charge is 0.220 e. The van der Waals surface area contributed by atoms with Crippen molar-refractivity contribution in [2.75, 3.05) is 0 Å². The second kappa shape index (κ2) is 7.62. The summed E-state index contributed by atoms with van der Waals surface area (Å²) in [4.78, 5) is 12.1. The van der Waals surface area contributed by atoms with Gasteiger partial charge in [-0.05, 0) is 43.5 Å². The van der Waals surface area contributed by atoms with Crippen LogP contribution in [0, 0.1) is 6.92 Å². The predicted molar refractivity (Wildman–Crippen MR) is 90.3 cm³/mol. The number of hydrogen-bond acceptors (Lipinski definition) is 3. The zero-order chi connectivity index (χ0) is 17.0. The molecule has 0 fully saturated rings. The quantitative estimate of drug-likeness (QED) is 0.852. The summed E-state index contributed by atoms with van der Waals surface area (Å²) in [7, 11) is 1.86. The molecule has 6 heteroatoms. The van der Waals surface area contributed by atoms with Crippen molar-refractivity contribution < 1.29 is 9.90 Å². The van der Waals surface area contributed by atoms with Gasteiger partial charge in [-0.25, -0.2) is 0 Å². The average Bonchev–Trinajstić information content (AvgIpc) is 2.83. The molecule has 0 aliphatic rings. The van der Waals surface area contributed by atoms with E-state index in [1.54, 1.807) is 35.9 Å². The fourth-order valence-electron chi connectivity index (χ4n) is 2.50. The molecule has 2 aromatic rings. The van der Waals surface area contributed by atoms with Crippen LogP contribution < -0.4 is 5.32 Å². The lowest BCUT2D eigenvalue weighted by Gasteiger charge is -2.20. The van der Waals surface area contributed by atoms with E-state index in [0.717, 1.165) is 16.8 Å². The molecule has 1 heterocycles. The maximum Gasteiger partial charge on any atom is 0.220 e. The number of halogens is 1. The molecule has 1 amide bonds. The van der Waals surface area contributed by atoms with Crippen LogP contribution in [0.15, 0.2) is 30.5 Å². The zero-order valence-corrected chi connectivity index (χ0v) is 14.3. The lowest BCUT2D eigenvalue weighted by atomic mass is 10.0. The molecule has 2 N–H and O–H groups in total. The highest BCUT2D eigenvalue weighted by Crippen LogP contribution is 2.19. The standard InChI is InChI=1S/C17H22ClN3O2/c1-11-14(10-21(3)20-11)6-9-16(22)19-12(2)17(23)13-4-7-15(18)8-5-13/h4-5,7-8,10,12,17,23H,6,9H2,1-3H3,(H,19,22). The van der Waals surface area contributed by atoms with Gasteiger partial charge in [-0.1, -0.05) is 23.7 Å². The number of amides is 1. The third-order valence-electron chi connectivity index (χ3n) is 3.81. The predicted octanol–water partition coefficient (Wildman–Crippen LogP) is 2.55. The maximum atomic E-state index is 12.1. The largest absolute Gasteiger partial charge is 0.386 e. The van der Waals surface area contributed by atoms with Gasteiger partial charge in [-0.2, -0.15) is 5.10 Å². The van der Waals surface area contributed by atoms with E-state index in [-0.39, 0.29) is 11.9 Å². The monoisotopic (exact) mass is 335 g/mol. The molecule has 1 aromatic carbocycles. The highest BCUT2D eigenvalue weighted by molar-refractivity contribution is 6.30. The minimum atomic E-state index is -0.767. The Bertz CT molecular complexity index is 667. The molecular formula is C17H22ClN3O2. The number of nitrogens with zero attached hydrogens (tertiary/aromatic N) is 2. The van der Waals surface area contributed by atoms with Gasteiger partial charge in [0.05, 0.1) is 17.8 Å². The number of nitrogens with one attached hydrogen (secondary N) is 1. The van der Waals surface area contributed by atoms with E-state index < -0.39 is 6.10 Å².